The number of thiophene rings is 1. The second-order valence-corrected chi connectivity index (χ2v) is 12.5. The van der Waals surface area contributed by atoms with Crippen LogP contribution in [0, 0.1) is 12.8 Å². The average Bonchev–Trinajstić information content (AvgIpc) is 3.32. The van der Waals surface area contributed by atoms with Gasteiger partial charge in [0.15, 0.2) is 5.58 Å². The number of hydrogen-bond acceptors (Lipinski definition) is 3. The summed E-state index contributed by atoms with van der Waals surface area (Å²) >= 11 is 1.88. The lowest BCUT2D eigenvalue weighted by Gasteiger charge is -2.22. The van der Waals surface area contributed by atoms with Gasteiger partial charge in [0.25, 0.3) is 0 Å². The van der Waals surface area contributed by atoms with E-state index in [1.807, 2.05) is 17.5 Å². The fourth-order valence-electron chi connectivity index (χ4n) is 5.40. The van der Waals surface area contributed by atoms with E-state index in [1.54, 1.807) is 0 Å². The van der Waals surface area contributed by atoms with Gasteiger partial charge >= 0.3 is 0 Å². The van der Waals surface area contributed by atoms with Crippen molar-refractivity contribution in [3.8, 4) is 11.3 Å². The van der Waals surface area contributed by atoms with Crippen molar-refractivity contribution >= 4 is 54.1 Å². The largest absolute Gasteiger partial charge is 0.454 e. The summed E-state index contributed by atoms with van der Waals surface area (Å²) in [6.07, 6.45) is 3.03. The Bertz CT molecular complexity index is 1740. The SMILES string of the molecule is Cc1sc2cc3oc4c(-c5cc(C(C)(C)C)c6ccccc6c5)nccc4c3cc2c1CC(C)C. The highest BCUT2D eigenvalue weighted by atomic mass is 32.1. The number of aromatic nitrogens is 1. The van der Waals surface area contributed by atoms with E-state index < -0.39 is 0 Å². The van der Waals surface area contributed by atoms with Crippen LogP contribution in [-0.4, -0.2) is 4.98 Å². The van der Waals surface area contributed by atoms with Crippen LogP contribution < -0.4 is 0 Å². The first-order valence-electron chi connectivity index (χ1n) is 12.5. The van der Waals surface area contributed by atoms with Crippen LogP contribution in [0.2, 0.25) is 0 Å². The maximum absolute atomic E-state index is 6.56. The molecule has 3 aromatic heterocycles. The predicted octanol–water partition coefficient (Wildman–Crippen LogP) is 9.82. The van der Waals surface area contributed by atoms with Crippen LogP contribution in [0.25, 0.3) is 54.1 Å². The molecule has 0 amide bonds. The smallest absolute Gasteiger partial charge is 0.161 e. The number of fused-ring (bicyclic) bond motifs is 5. The lowest BCUT2D eigenvalue weighted by Crippen LogP contribution is -2.12. The highest BCUT2D eigenvalue weighted by Gasteiger charge is 2.21. The summed E-state index contributed by atoms with van der Waals surface area (Å²) in [6.45, 7) is 13.7. The molecule has 0 aliphatic rings. The number of benzene rings is 3. The van der Waals surface area contributed by atoms with Gasteiger partial charge in [-0.1, -0.05) is 58.9 Å². The summed E-state index contributed by atoms with van der Waals surface area (Å²) in [6, 6.07) is 19.9. The molecule has 0 bridgehead atoms. The van der Waals surface area contributed by atoms with E-state index >= 15 is 0 Å². The summed E-state index contributed by atoms with van der Waals surface area (Å²) in [4.78, 5) is 6.26. The number of pyridine rings is 1. The summed E-state index contributed by atoms with van der Waals surface area (Å²) < 4.78 is 7.86. The van der Waals surface area contributed by atoms with Crippen LogP contribution in [0.4, 0.5) is 0 Å². The molecule has 0 saturated heterocycles. The molecule has 3 aromatic carbocycles. The molecule has 0 aliphatic carbocycles. The first kappa shape index (κ1) is 22.3. The lowest BCUT2D eigenvalue weighted by molar-refractivity contribution is 0.596. The van der Waals surface area contributed by atoms with E-state index in [0.717, 1.165) is 34.2 Å². The fraction of sp³-hybridized carbons (Fsp3) is 0.281. The van der Waals surface area contributed by atoms with Gasteiger partial charge < -0.3 is 4.42 Å². The molecule has 0 N–H and O–H groups in total. The van der Waals surface area contributed by atoms with Gasteiger partial charge in [-0.2, -0.15) is 0 Å². The summed E-state index contributed by atoms with van der Waals surface area (Å²) in [5.41, 5.74) is 6.67. The molecule has 2 nitrogen and oxygen atoms in total. The minimum Gasteiger partial charge on any atom is -0.454 e. The molecule has 0 fully saturated rings. The molecule has 3 heterocycles. The Morgan fingerprint density at radius 2 is 1.71 bits per heavy atom. The van der Waals surface area contributed by atoms with Crippen molar-refractivity contribution in [2.45, 2.75) is 53.4 Å². The van der Waals surface area contributed by atoms with E-state index in [9.17, 15) is 0 Å². The Hall–Kier alpha value is -3.17. The number of hydrogen-bond donors (Lipinski definition) is 0. The fourth-order valence-corrected chi connectivity index (χ4v) is 6.51. The van der Waals surface area contributed by atoms with Crippen LogP contribution in [0.3, 0.4) is 0 Å². The highest BCUT2D eigenvalue weighted by Crippen LogP contribution is 2.42. The molecular formula is C32H31NOS. The highest BCUT2D eigenvalue weighted by molar-refractivity contribution is 7.19. The molecule has 0 unspecified atom stereocenters. The van der Waals surface area contributed by atoms with Crippen LogP contribution in [-0.2, 0) is 11.8 Å². The first-order valence-corrected chi connectivity index (χ1v) is 13.3. The molecule has 0 aliphatic heterocycles. The molecule has 6 rings (SSSR count). The van der Waals surface area contributed by atoms with Gasteiger partial charge in [0.1, 0.15) is 11.3 Å². The third-order valence-electron chi connectivity index (χ3n) is 7.06. The van der Waals surface area contributed by atoms with E-state index in [0.29, 0.717) is 5.92 Å². The van der Waals surface area contributed by atoms with Gasteiger partial charge in [0.05, 0.1) is 0 Å². The Morgan fingerprint density at radius 3 is 2.49 bits per heavy atom. The molecule has 0 atom stereocenters. The number of rotatable bonds is 3. The topological polar surface area (TPSA) is 26.0 Å². The molecular weight excluding hydrogens is 446 g/mol. The Kier molecular flexibility index (Phi) is 5.05. The van der Waals surface area contributed by atoms with Gasteiger partial charge in [-0.25, -0.2) is 0 Å². The van der Waals surface area contributed by atoms with E-state index in [1.165, 1.54) is 42.2 Å². The second-order valence-electron chi connectivity index (χ2n) is 11.2. The van der Waals surface area contributed by atoms with Crippen molar-refractivity contribution < 1.29 is 4.42 Å². The molecule has 0 spiro atoms. The molecule has 176 valence electrons. The lowest BCUT2D eigenvalue weighted by atomic mass is 9.82. The van der Waals surface area contributed by atoms with Gasteiger partial charge in [-0.15, -0.1) is 11.3 Å². The average molecular weight is 478 g/mol. The van der Waals surface area contributed by atoms with Crippen LogP contribution >= 0.6 is 11.3 Å². The zero-order valence-electron chi connectivity index (χ0n) is 21.3. The summed E-state index contributed by atoms with van der Waals surface area (Å²) in [5, 5.41) is 6.22. The number of nitrogens with zero attached hydrogens (tertiary/aromatic N) is 1. The van der Waals surface area contributed by atoms with Gasteiger partial charge in [-0.3, -0.25) is 4.98 Å². The molecule has 0 saturated carbocycles. The number of aryl methyl sites for hydroxylation is 1. The molecule has 0 radical (unpaired) electrons. The molecule has 6 aromatic rings. The van der Waals surface area contributed by atoms with E-state index in [2.05, 4.69) is 96.1 Å². The standard InChI is InChI=1S/C32H31NOS/c1-18(2)13-24-19(3)35-29-17-28-25(16-26(24)29)23-11-12-33-30(31(23)34-28)21-14-20-9-7-8-10-22(20)27(15-21)32(4,5)6/h7-12,14-18H,13H2,1-6H3. The monoisotopic (exact) mass is 477 g/mol. The maximum atomic E-state index is 6.56. The van der Waals surface area contributed by atoms with Crippen molar-refractivity contribution in [1.29, 1.82) is 0 Å². The Labute approximate surface area is 210 Å². The van der Waals surface area contributed by atoms with Crippen molar-refractivity contribution in [2.75, 3.05) is 0 Å². The second kappa shape index (κ2) is 7.93. The van der Waals surface area contributed by atoms with E-state index in [-0.39, 0.29) is 5.41 Å². The van der Waals surface area contributed by atoms with Gasteiger partial charge in [-0.05, 0) is 82.3 Å². The van der Waals surface area contributed by atoms with E-state index in [4.69, 9.17) is 9.40 Å². The van der Waals surface area contributed by atoms with Crippen molar-refractivity contribution in [1.82, 2.24) is 4.98 Å². The Morgan fingerprint density at radius 1 is 0.914 bits per heavy atom. The molecule has 3 heteroatoms. The first-order chi connectivity index (χ1) is 16.7. The summed E-state index contributed by atoms with van der Waals surface area (Å²) in [7, 11) is 0. The summed E-state index contributed by atoms with van der Waals surface area (Å²) in [5.74, 6) is 0.629. The zero-order chi connectivity index (χ0) is 24.5. The zero-order valence-corrected chi connectivity index (χ0v) is 22.1. The van der Waals surface area contributed by atoms with Crippen molar-refractivity contribution in [3.63, 3.8) is 0 Å². The minimum absolute atomic E-state index is 0.0203. The third kappa shape index (κ3) is 3.65. The third-order valence-corrected chi connectivity index (χ3v) is 8.17. The van der Waals surface area contributed by atoms with Gasteiger partial charge in [0.2, 0.25) is 0 Å². The minimum atomic E-state index is 0.0203. The van der Waals surface area contributed by atoms with Crippen molar-refractivity contribution in [3.05, 3.63) is 76.8 Å². The quantitative estimate of drug-likeness (QED) is 0.253. The maximum Gasteiger partial charge on any atom is 0.161 e. The predicted molar refractivity (Wildman–Crippen MR) is 152 cm³/mol. The molecule has 35 heavy (non-hydrogen) atoms. The van der Waals surface area contributed by atoms with Crippen LogP contribution in [0.5, 0.6) is 0 Å². The normalized spacial score (nSPS) is 12.7. The van der Waals surface area contributed by atoms with Gasteiger partial charge in [0, 0.05) is 32.1 Å². The van der Waals surface area contributed by atoms with Crippen molar-refractivity contribution in [2.24, 2.45) is 5.92 Å². The van der Waals surface area contributed by atoms with Crippen LogP contribution in [0.1, 0.15) is 50.6 Å². The van der Waals surface area contributed by atoms with Crippen LogP contribution in [0.15, 0.2) is 65.2 Å². The number of furan rings is 1. The Balaban J connectivity index is 1.62.